The molecule has 1 N–H and O–H groups in total. The number of rotatable bonds is 6. The second-order valence-electron chi connectivity index (χ2n) is 4.72. The van der Waals surface area contributed by atoms with Gasteiger partial charge in [0, 0.05) is 45.1 Å². The largest absolute Gasteiger partial charge is 0.389 e. The van der Waals surface area contributed by atoms with Gasteiger partial charge in [0.15, 0.2) is 0 Å². The molecule has 0 radical (unpaired) electrons. The SMILES string of the molecule is C#CCOCC(O)CN1CCN(c2cnccn2)CC1. The lowest BCUT2D eigenvalue weighted by atomic mass is 10.2. The third-order valence-electron chi connectivity index (χ3n) is 3.21. The zero-order valence-electron chi connectivity index (χ0n) is 11.5. The van der Waals surface area contributed by atoms with Crippen LogP contribution in [0.2, 0.25) is 0 Å². The number of hydrogen-bond acceptors (Lipinski definition) is 6. The molecule has 0 aromatic carbocycles. The first kappa shape index (κ1) is 14.7. The summed E-state index contributed by atoms with van der Waals surface area (Å²) in [5.41, 5.74) is 0. The van der Waals surface area contributed by atoms with E-state index in [1.165, 1.54) is 0 Å². The van der Waals surface area contributed by atoms with E-state index in [0.717, 1.165) is 32.0 Å². The fraction of sp³-hybridized carbons (Fsp3) is 0.571. The molecule has 1 aliphatic rings. The highest BCUT2D eigenvalue weighted by Gasteiger charge is 2.20. The van der Waals surface area contributed by atoms with Crippen LogP contribution in [-0.4, -0.2) is 72.0 Å². The Bertz CT molecular complexity index is 427. The second-order valence-corrected chi connectivity index (χ2v) is 4.72. The van der Waals surface area contributed by atoms with Crippen LogP contribution >= 0.6 is 0 Å². The maximum atomic E-state index is 9.84. The maximum absolute atomic E-state index is 9.84. The number of nitrogens with zero attached hydrogens (tertiary/aromatic N) is 4. The molecule has 2 rings (SSSR count). The molecule has 1 saturated heterocycles. The lowest BCUT2D eigenvalue weighted by Gasteiger charge is -2.35. The molecule has 6 nitrogen and oxygen atoms in total. The zero-order chi connectivity index (χ0) is 14.2. The highest BCUT2D eigenvalue weighted by atomic mass is 16.5. The van der Waals surface area contributed by atoms with Crippen molar-refractivity contribution in [2.24, 2.45) is 0 Å². The molecule has 0 bridgehead atoms. The molecule has 6 heteroatoms. The van der Waals surface area contributed by atoms with Gasteiger partial charge in [-0.15, -0.1) is 6.42 Å². The van der Waals surface area contributed by atoms with Gasteiger partial charge in [0.2, 0.25) is 0 Å². The monoisotopic (exact) mass is 276 g/mol. The number of aromatic nitrogens is 2. The van der Waals surface area contributed by atoms with Gasteiger partial charge < -0.3 is 14.7 Å². The van der Waals surface area contributed by atoms with Crippen LogP contribution in [0.15, 0.2) is 18.6 Å². The van der Waals surface area contributed by atoms with Gasteiger partial charge in [0.25, 0.3) is 0 Å². The molecule has 0 amide bonds. The summed E-state index contributed by atoms with van der Waals surface area (Å²) in [6.07, 6.45) is 9.74. The van der Waals surface area contributed by atoms with Gasteiger partial charge in [-0.05, 0) is 0 Å². The van der Waals surface area contributed by atoms with E-state index in [-0.39, 0.29) is 13.2 Å². The molecule has 0 saturated carbocycles. The van der Waals surface area contributed by atoms with Crippen molar-refractivity contribution in [2.45, 2.75) is 6.10 Å². The number of aliphatic hydroxyl groups is 1. The quantitative estimate of drug-likeness (QED) is 0.564. The fourth-order valence-electron chi connectivity index (χ4n) is 2.22. The van der Waals surface area contributed by atoms with Gasteiger partial charge in [-0.1, -0.05) is 5.92 Å². The first-order valence-corrected chi connectivity index (χ1v) is 6.72. The van der Waals surface area contributed by atoms with E-state index in [2.05, 4.69) is 25.7 Å². The average molecular weight is 276 g/mol. The fourth-order valence-corrected chi connectivity index (χ4v) is 2.22. The number of aliphatic hydroxyl groups excluding tert-OH is 1. The van der Waals surface area contributed by atoms with Crippen LogP contribution in [0, 0.1) is 12.3 Å². The van der Waals surface area contributed by atoms with Gasteiger partial charge in [-0.25, -0.2) is 4.98 Å². The Morgan fingerprint density at radius 1 is 1.35 bits per heavy atom. The lowest BCUT2D eigenvalue weighted by molar-refractivity contribution is 0.0267. The third kappa shape index (κ3) is 4.46. The minimum Gasteiger partial charge on any atom is -0.389 e. The van der Waals surface area contributed by atoms with Gasteiger partial charge in [-0.2, -0.15) is 0 Å². The summed E-state index contributed by atoms with van der Waals surface area (Å²) in [5, 5.41) is 9.84. The predicted molar refractivity (Wildman–Crippen MR) is 76.3 cm³/mol. The Morgan fingerprint density at radius 3 is 2.80 bits per heavy atom. The van der Waals surface area contributed by atoms with Crippen molar-refractivity contribution in [1.82, 2.24) is 14.9 Å². The minimum atomic E-state index is -0.494. The van der Waals surface area contributed by atoms with Gasteiger partial charge in [0.1, 0.15) is 12.4 Å². The standard InChI is InChI=1S/C14H20N4O2/c1-2-9-20-12-13(19)11-17-5-7-18(8-6-17)14-10-15-3-4-16-14/h1,3-4,10,13,19H,5-9,11-12H2. The number of hydrogen-bond donors (Lipinski definition) is 1. The zero-order valence-corrected chi connectivity index (χ0v) is 11.5. The Hall–Kier alpha value is -1.68. The molecular weight excluding hydrogens is 256 g/mol. The van der Waals surface area contributed by atoms with E-state index >= 15 is 0 Å². The number of β-amino-alcohol motifs (C(OH)–C–C–N with tert-alkyl or cyclic N) is 1. The van der Waals surface area contributed by atoms with Crippen molar-refractivity contribution in [3.8, 4) is 12.3 Å². The van der Waals surface area contributed by atoms with Crippen LogP contribution in [0.25, 0.3) is 0 Å². The lowest BCUT2D eigenvalue weighted by Crippen LogP contribution is -2.49. The van der Waals surface area contributed by atoms with Gasteiger partial charge in [-0.3, -0.25) is 9.88 Å². The van der Waals surface area contributed by atoms with E-state index in [0.29, 0.717) is 6.54 Å². The molecule has 20 heavy (non-hydrogen) atoms. The number of ether oxygens (including phenoxy) is 1. The summed E-state index contributed by atoms with van der Waals surface area (Å²) in [5.74, 6) is 3.29. The summed E-state index contributed by atoms with van der Waals surface area (Å²) in [6.45, 7) is 4.70. The topological polar surface area (TPSA) is 61.7 Å². The smallest absolute Gasteiger partial charge is 0.147 e. The Morgan fingerprint density at radius 2 is 2.15 bits per heavy atom. The van der Waals surface area contributed by atoms with Crippen molar-refractivity contribution >= 4 is 5.82 Å². The molecule has 1 unspecified atom stereocenters. The van der Waals surface area contributed by atoms with E-state index in [4.69, 9.17) is 11.2 Å². The number of terminal acetylenes is 1. The number of piperazine rings is 1. The molecule has 1 aromatic heterocycles. The summed E-state index contributed by atoms with van der Waals surface area (Å²) in [7, 11) is 0. The van der Waals surface area contributed by atoms with Crippen LogP contribution < -0.4 is 4.90 Å². The van der Waals surface area contributed by atoms with Crippen molar-refractivity contribution in [3.05, 3.63) is 18.6 Å². The second kappa shape index (κ2) is 7.80. The van der Waals surface area contributed by atoms with E-state index < -0.39 is 6.10 Å². The molecule has 108 valence electrons. The summed E-state index contributed by atoms with van der Waals surface area (Å²) >= 11 is 0. The van der Waals surface area contributed by atoms with E-state index in [9.17, 15) is 5.11 Å². The molecule has 2 heterocycles. The average Bonchev–Trinajstić information content (AvgIpc) is 2.49. The predicted octanol–water partition coefficient (Wildman–Crippen LogP) is -0.391. The molecule has 1 fully saturated rings. The summed E-state index contributed by atoms with van der Waals surface area (Å²) in [4.78, 5) is 12.8. The Balaban J connectivity index is 1.70. The Kier molecular flexibility index (Phi) is 5.74. The van der Waals surface area contributed by atoms with Crippen molar-refractivity contribution in [3.63, 3.8) is 0 Å². The first-order chi connectivity index (χ1) is 9.79. The van der Waals surface area contributed by atoms with Crippen molar-refractivity contribution in [1.29, 1.82) is 0 Å². The van der Waals surface area contributed by atoms with Gasteiger partial charge >= 0.3 is 0 Å². The number of anilines is 1. The summed E-state index contributed by atoms with van der Waals surface area (Å²) in [6, 6.07) is 0. The highest BCUT2D eigenvalue weighted by Crippen LogP contribution is 2.11. The molecular formula is C14H20N4O2. The molecule has 1 aliphatic heterocycles. The highest BCUT2D eigenvalue weighted by molar-refractivity contribution is 5.35. The summed E-state index contributed by atoms with van der Waals surface area (Å²) < 4.78 is 5.14. The minimum absolute atomic E-state index is 0.248. The van der Waals surface area contributed by atoms with Crippen LogP contribution in [0.3, 0.4) is 0 Å². The van der Waals surface area contributed by atoms with E-state index in [1.807, 2.05) is 0 Å². The molecule has 0 aliphatic carbocycles. The first-order valence-electron chi connectivity index (χ1n) is 6.72. The van der Waals surface area contributed by atoms with Crippen molar-refractivity contribution in [2.75, 3.05) is 50.8 Å². The van der Waals surface area contributed by atoms with Gasteiger partial charge in [0.05, 0.1) is 18.9 Å². The van der Waals surface area contributed by atoms with E-state index in [1.54, 1.807) is 18.6 Å². The maximum Gasteiger partial charge on any atom is 0.147 e. The van der Waals surface area contributed by atoms with Crippen LogP contribution in [-0.2, 0) is 4.74 Å². The van der Waals surface area contributed by atoms with Crippen LogP contribution in [0.1, 0.15) is 0 Å². The normalized spacial score (nSPS) is 17.7. The van der Waals surface area contributed by atoms with Crippen LogP contribution in [0.5, 0.6) is 0 Å². The molecule has 1 atom stereocenters. The molecule has 1 aromatic rings. The van der Waals surface area contributed by atoms with Crippen LogP contribution in [0.4, 0.5) is 5.82 Å². The Labute approximate surface area is 119 Å². The van der Waals surface area contributed by atoms with Crippen molar-refractivity contribution < 1.29 is 9.84 Å². The third-order valence-corrected chi connectivity index (χ3v) is 3.21. The molecule has 0 spiro atoms.